The number of nitrogens with zero attached hydrogens (tertiary/aromatic N) is 3. The summed E-state index contributed by atoms with van der Waals surface area (Å²) in [5, 5.41) is 2.91. The zero-order valence-corrected chi connectivity index (χ0v) is 19.2. The molecule has 5 nitrogen and oxygen atoms in total. The maximum absolute atomic E-state index is 12.7. The van der Waals surface area contributed by atoms with Gasteiger partial charge in [-0.3, -0.25) is 9.69 Å². The van der Waals surface area contributed by atoms with Crippen LogP contribution in [-0.2, 0) is 17.6 Å². The zero-order chi connectivity index (χ0) is 20.9. The molecule has 3 aromatic rings. The number of piperazine rings is 1. The van der Waals surface area contributed by atoms with Gasteiger partial charge >= 0.3 is 0 Å². The van der Waals surface area contributed by atoms with E-state index in [0.717, 1.165) is 64.8 Å². The second-order valence-electron chi connectivity index (χ2n) is 7.25. The lowest BCUT2D eigenvalue weighted by Crippen LogP contribution is -2.49. The molecule has 0 spiro atoms. The third-order valence-corrected chi connectivity index (χ3v) is 7.56. The van der Waals surface area contributed by atoms with E-state index in [1.54, 1.807) is 18.4 Å². The first-order chi connectivity index (χ1) is 14.6. The smallest absolute Gasteiger partial charge is 0.228 e. The van der Waals surface area contributed by atoms with Crippen molar-refractivity contribution >= 4 is 40.2 Å². The van der Waals surface area contributed by atoms with Crippen LogP contribution in [0.1, 0.15) is 11.3 Å². The molecule has 4 rings (SSSR count). The minimum Gasteiger partial charge on any atom is -0.497 e. The van der Waals surface area contributed by atoms with Gasteiger partial charge in [-0.1, -0.05) is 23.7 Å². The van der Waals surface area contributed by atoms with Crippen LogP contribution < -0.4 is 4.74 Å². The average Bonchev–Trinajstić information content (AvgIpc) is 3.42. The van der Waals surface area contributed by atoms with Crippen LogP contribution in [0.2, 0.25) is 4.34 Å². The Balaban J connectivity index is 1.23. The van der Waals surface area contributed by atoms with Crippen molar-refractivity contribution in [3.05, 3.63) is 57.4 Å². The second-order valence-corrected chi connectivity index (χ2v) is 9.82. The van der Waals surface area contributed by atoms with E-state index in [2.05, 4.69) is 22.0 Å². The molecule has 2 aromatic heterocycles. The number of ether oxygens (including phenoxy) is 1. The molecule has 0 unspecified atom stereocenters. The van der Waals surface area contributed by atoms with E-state index >= 15 is 0 Å². The molecule has 8 heteroatoms. The summed E-state index contributed by atoms with van der Waals surface area (Å²) in [6, 6.07) is 12.1. The van der Waals surface area contributed by atoms with E-state index in [1.165, 1.54) is 16.9 Å². The van der Waals surface area contributed by atoms with Crippen molar-refractivity contribution < 1.29 is 9.53 Å². The van der Waals surface area contributed by atoms with Crippen LogP contribution in [-0.4, -0.2) is 60.5 Å². The Morgan fingerprint density at radius 1 is 1.13 bits per heavy atom. The number of rotatable bonds is 7. The predicted molar refractivity (Wildman–Crippen MR) is 124 cm³/mol. The summed E-state index contributed by atoms with van der Waals surface area (Å²) >= 11 is 9.09. The van der Waals surface area contributed by atoms with E-state index in [-0.39, 0.29) is 5.91 Å². The van der Waals surface area contributed by atoms with Gasteiger partial charge in [-0.05, 0) is 36.2 Å². The SMILES string of the molecule is COc1ccc(CCN2CCN(C(=O)Cc3csc(-c4ccc(Cl)s4)n3)CC2)cc1. The van der Waals surface area contributed by atoms with Gasteiger partial charge in [-0.25, -0.2) is 4.98 Å². The predicted octanol–water partition coefficient (Wildman–Crippen LogP) is 4.46. The van der Waals surface area contributed by atoms with Crippen molar-refractivity contribution in [1.82, 2.24) is 14.8 Å². The number of benzene rings is 1. The van der Waals surface area contributed by atoms with Gasteiger partial charge in [0.1, 0.15) is 10.8 Å². The minimum absolute atomic E-state index is 0.158. The highest BCUT2D eigenvalue weighted by molar-refractivity contribution is 7.23. The summed E-state index contributed by atoms with van der Waals surface area (Å²) in [4.78, 5) is 22.8. The number of carbonyl (C=O) groups excluding carboxylic acids is 1. The Bertz CT molecular complexity index is 978. The van der Waals surface area contributed by atoms with E-state index in [0.29, 0.717) is 6.42 Å². The molecular formula is C22H24ClN3O2S2. The fourth-order valence-corrected chi connectivity index (χ4v) is 5.43. The first kappa shape index (κ1) is 21.3. The first-order valence-electron chi connectivity index (χ1n) is 9.94. The van der Waals surface area contributed by atoms with Crippen molar-refractivity contribution in [2.75, 3.05) is 39.8 Å². The van der Waals surface area contributed by atoms with Crippen molar-refractivity contribution in [2.24, 2.45) is 0 Å². The number of amides is 1. The summed E-state index contributed by atoms with van der Waals surface area (Å²) in [5.74, 6) is 1.04. The van der Waals surface area contributed by atoms with E-state index in [4.69, 9.17) is 16.3 Å². The Hall–Kier alpha value is -1.93. The molecule has 1 fully saturated rings. The van der Waals surface area contributed by atoms with Crippen LogP contribution in [0.25, 0.3) is 9.88 Å². The Morgan fingerprint density at radius 3 is 2.57 bits per heavy atom. The highest BCUT2D eigenvalue weighted by Crippen LogP contribution is 2.33. The van der Waals surface area contributed by atoms with Crippen LogP contribution in [0.3, 0.4) is 0 Å². The molecule has 1 saturated heterocycles. The summed E-state index contributed by atoms with van der Waals surface area (Å²) in [6.45, 7) is 4.39. The average molecular weight is 462 g/mol. The molecule has 0 bridgehead atoms. The maximum atomic E-state index is 12.7. The molecule has 30 heavy (non-hydrogen) atoms. The summed E-state index contributed by atoms with van der Waals surface area (Å²) in [7, 11) is 1.68. The monoisotopic (exact) mass is 461 g/mol. The van der Waals surface area contributed by atoms with Gasteiger partial charge in [0.15, 0.2) is 0 Å². The molecule has 0 saturated carbocycles. The summed E-state index contributed by atoms with van der Waals surface area (Å²) in [6.07, 6.45) is 1.37. The van der Waals surface area contributed by atoms with Crippen LogP contribution in [0, 0.1) is 0 Å². The van der Waals surface area contributed by atoms with Crippen LogP contribution in [0.15, 0.2) is 41.8 Å². The van der Waals surface area contributed by atoms with Gasteiger partial charge in [0, 0.05) is 38.1 Å². The third kappa shape index (κ3) is 5.40. The normalized spacial score (nSPS) is 14.8. The number of halogens is 1. The quantitative estimate of drug-likeness (QED) is 0.521. The Kier molecular flexibility index (Phi) is 7.04. The van der Waals surface area contributed by atoms with Crippen molar-refractivity contribution in [1.29, 1.82) is 0 Å². The molecule has 158 valence electrons. The van der Waals surface area contributed by atoms with Gasteiger partial charge in [0.05, 0.1) is 28.4 Å². The van der Waals surface area contributed by atoms with Crippen LogP contribution in [0.5, 0.6) is 5.75 Å². The molecule has 1 aliphatic rings. The molecule has 1 aromatic carbocycles. The lowest BCUT2D eigenvalue weighted by Gasteiger charge is -2.34. The largest absolute Gasteiger partial charge is 0.497 e. The molecule has 0 N–H and O–H groups in total. The van der Waals surface area contributed by atoms with Gasteiger partial charge in [0.2, 0.25) is 5.91 Å². The highest BCUT2D eigenvalue weighted by atomic mass is 35.5. The molecular weight excluding hydrogens is 438 g/mol. The zero-order valence-electron chi connectivity index (χ0n) is 16.8. The van der Waals surface area contributed by atoms with E-state index < -0.39 is 0 Å². The molecule has 1 amide bonds. The van der Waals surface area contributed by atoms with E-state index in [1.807, 2.05) is 34.5 Å². The molecule has 0 atom stereocenters. The highest BCUT2D eigenvalue weighted by Gasteiger charge is 2.22. The number of thiophene rings is 1. The lowest BCUT2D eigenvalue weighted by atomic mass is 10.1. The number of thiazole rings is 1. The van der Waals surface area contributed by atoms with Crippen molar-refractivity contribution in [2.45, 2.75) is 12.8 Å². The number of hydrogen-bond donors (Lipinski definition) is 0. The molecule has 1 aliphatic heterocycles. The van der Waals surface area contributed by atoms with Gasteiger partial charge < -0.3 is 9.64 Å². The van der Waals surface area contributed by atoms with Crippen LogP contribution >= 0.6 is 34.3 Å². The van der Waals surface area contributed by atoms with Crippen LogP contribution in [0.4, 0.5) is 0 Å². The first-order valence-corrected chi connectivity index (χ1v) is 12.0. The van der Waals surface area contributed by atoms with Gasteiger partial charge in [0.25, 0.3) is 0 Å². The van der Waals surface area contributed by atoms with Gasteiger partial charge in [-0.2, -0.15) is 0 Å². The fourth-order valence-electron chi connectivity index (χ4n) is 3.50. The second kappa shape index (κ2) is 9.92. The van der Waals surface area contributed by atoms with Crippen molar-refractivity contribution in [3.8, 4) is 15.6 Å². The third-order valence-electron chi connectivity index (χ3n) is 5.27. The summed E-state index contributed by atoms with van der Waals surface area (Å²) < 4.78 is 5.96. The molecule has 0 aliphatic carbocycles. The number of hydrogen-bond acceptors (Lipinski definition) is 6. The minimum atomic E-state index is 0.158. The molecule has 0 radical (unpaired) electrons. The van der Waals surface area contributed by atoms with Gasteiger partial charge in [-0.15, -0.1) is 22.7 Å². The molecule has 3 heterocycles. The summed E-state index contributed by atoms with van der Waals surface area (Å²) in [5.41, 5.74) is 2.15. The Labute approximate surface area is 189 Å². The maximum Gasteiger partial charge on any atom is 0.228 e. The number of methoxy groups -OCH3 is 1. The standard InChI is InChI=1S/C22H24ClN3O2S2/c1-28-18-4-2-16(3-5-18)8-9-25-10-12-26(13-11-25)21(27)14-17-15-29-22(24-17)19-6-7-20(23)30-19/h2-7,15H,8-14H2,1H3. The van der Waals surface area contributed by atoms with Crippen molar-refractivity contribution in [3.63, 3.8) is 0 Å². The lowest BCUT2D eigenvalue weighted by molar-refractivity contribution is -0.132. The Morgan fingerprint density at radius 2 is 1.90 bits per heavy atom. The van der Waals surface area contributed by atoms with E-state index in [9.17, 15) is 4.79 Å². The topological polar surface area (TPSA) is 45.7 Å². The number of carbonyl (C=O) groups is 1. The fraction of sp³-hybridized carbons (Fsp3) is 0.364. The number of aromatic nitrogens is 1.